The smallest absolute Gasteiger partial charge is 0.305 e. The largest absolute Gasteiger partial charge is 0.326 e. The van der Waals surface area contributed by atoms with Crippen molar-refractivity contribution in [3.8, 4) is 0 Å². The van der Waals surface area contributed by atoms with Crippen LogP contribution in [0.4, 0.5) is 28.0 Å². The number of imide groups is 1. The average molecular weight is 381 g/mol. The molecular weight excluding hydrogens is 375 g/mol. The Morgan fingerprint density at radius 3 is 1.88 bits per heavy atom. The molecule has 0 aliphatic heterocycles. The number of rotatable bonds is 2. The summed E-state index contributed by atoms with van der Waals surface area (Å²) in [6.07, 6.45) is 0. The molecule has 0 heterocycles. The monoisotopic (exact) mass is 380 g/mol. The first kappa shape index (κ1) is 18.0. The summed E-state index contributed by atoms with van der Waals surface area (Å²) < 4.78 is 53.5. The second-order valence-electron chi connectivity index (χ2n) is 4.35. The Labute approximate surface area is 142 Å². The lowest BCUT2D eigenvalue weighted by Crippen LogP contribution is -2.35. The van der Waals surface area contributed by atoms with Gasteiger partial charge in [-0.05, 0) is 12.1 Å². The van der Waals surface area contributed by atoms with Gasteiger partial charge in [0.1, 0.15) is 38.9 Å². The van der Waals surface area contributed by atoms with Gasteiger partial charge in [-0.1, -0.05) is 29.3 Å². The maximum Gasteiger partial charge on any atom is 0.326 e. The first-order valence-electron chi connectivity index (χ1n) is 6.11. The molecule has 2 aromatic carbocycles. The summed E-state index contributed by atoms with van der Waals surface area (Å²) in [6.45, 7) is 0. The standard InChI is InChI=1S/C14H6Cl2F4N2O2/c15-10-7(19)4-8(20)11(16)12(10)21-14(24)22-13(23)9-5(17)2-1-3-6(9)18/h1-4H,(H2,21,22,23,24). The van der Waals surface area contributed by atoms with E-state index < -0.39 is 56.5 Å². The van der Waals surface area contributed by atoms with Crippen molar-refractivity contribution in [3.05, 3.63) is 63.1 Å². The van der Waals surface area contributed by atoms with Crippen LogP contribution in [0.2, 0.25) is 10.0 Å². The molecule has 0 atom stereocenters. The zero-order valence-electron chi connectivity index (χ0n) is 11.4. The third-order valence-electron chi connectivity index (χ3n) is 2.77. The lowest BCUT2D eigenvalue weighted by atomic mass is 10.2. The topological polar surface area (TPSA) is 58.2 Å². The third kappa shape index (κ3) is 3.60. The molecular formula is C14H6Cl2F4N2O2. The fourth-order valence-corrected chi connectivity index (χ4v) is 2.15. The number of carbonyl (C=O) groups excluding carboxylic acids is 2. The summed E-state index contributed by atoms with van der Waals surface area (Å²) >= 11 is 11.1. The van der Waals surface area contributed by atoms with Crippen molar-refractivity contribution < 1.29 is 27.2 Å². The van der Waals surface area contributed by atoms with Crippen LogP contribution in [0.25, 0.3) is 0 Å². The minimum atomic E-state index is -1.41. The molecule has 0 spiro atoms. The summed E-state index contributed by atoms with van der Waals surface area (Å²) in [4.78, 5) is 23.4. The van der Waals surface area contributed by atoms with Crippen molar-refractivity contribution >= 4 is 40.8 Å². The van der Waals surface area contributed by atoms with E-state index in [-0.39, 0.29) is 0 Å². The van der Waals surface area contributed by atoms with Crippen LogP contribution in [-0.4, -0.2) is 11.9 Å². The van der Waals surface area contributed by atoms with Crippen molar-refractivity contribution in [3.63, 3.8) is 0 Å². The fourth-order valence-electron chi connectivity index (χ4n) is 1.71. The van der Waals surface area contributed by atoms with E-state index in [9.17, 15) is 27.2 Å². The second-order valence-corrected chi connectivity index (χ2v) is 5.10. The van der Waals surface area contributed by atoms with Crippen molar-refractivity contribution in [2.75, 3.05) is 5.32 Å². The van der Waals surface area contributed by atoms with E-state index in [0.717, 1.165) is 18.2 Å². The van der Waals surface area contributed by atoms with Gasteiger partial charge in [0.25, 0.3) is 5.91 Å². The zero-order chi connectivity index (χ0) is 18.0. The highest BCUT2D eigenvalue weighted by Gasteiger charge is 2.22. The van der Waals surface area contributed by atoms with E-state index in [4.69, 9.17) is 23.2 Å². The van der Waals surface area contributed by atoms with Gasteiger partial charge in [-0.3, -0.25) is 10.1 Å². The summed E-state index contributed by atoms with van der Waals surface area (Å²) in [6, 6.07) is 1.69. The van der Waals surface area contributed by atoms with E-state index >= 15 is 0 Å². The molecule has 0 saturated heterocycles. The number of halogens is 6. The summed E-state index contributed by atoms with van der Waals surface area (Å²) in [5, 5.41) is 2.01. The Balaban J connectivity index is 2.22. The predicted octanol–water partition coefficient (Wildman–Crippen LogP) is 4.51. The second kappa shape index (κ2) is 7.06. The number of nitrogens with one attached hydrogen (secondary N) is 2. The summed E-state index contributed by atoms with van der Waals surface area (Å²) in [5.74, 6) is -6.23. The highest BCUT2D eigenvalue weighted by molar-refractivity contribution is 6.40. The van der Waals surface area contributed by atoms with E-state index in [1.807, 2.05) is 5.32 Å². The lowest BCUT2D eigenvalue weighted by molar-refractivity contribution is 0.0959. The van der Waals surface area contributed by atoms with Gasteiger partial charge in [-0.25, -0.2) is 22.4 Å². The van der Waals surface area contributed by atoms with Crippen LogP contribution < -0.4 is 10.6 Å². The molecule has 2 N–H and O–H groups in total. The average Bonchev–Trinajstić information content (AvgIpc) is 2.49. The normalized spacial score (nSPS) is 10.4. The maximum absolute atomic E-state index is 13.4. The van der Waals surface area contributed by atoms with Gasteiger partial charge in [0, 0.05) is 6.07 Å². The van der Waals surface area contributed by atoms with E-state index in [1.54, 1.807) is 5.32 Å². The summed E-state index contributed by atoms with van der Waals surface area (Å²) in [7, 11) is 0. The van der Waals surface area contributed by atoms with E-state index in [2.05, 4.69) is 0 Å². The molecule has 126 valence electrons. The molecule has 0 unspecified atom stereocenters. The van der Waals surface area contributed by atoms with Crippen LogP contribution >= 0.6 is 23.2 Å². The van der Waals surface area contributed by atoms with E-state index in [1.165, 1.54) is 0 Å². The molecule has 2 rings (SSSR count). The molecule has 0 radical (unpaired) electrons. The summed E-state index contributed by atoms with van der Waals surface area (Å²) in [5.41, 5.74) is -1.65. The van der Waals surface area contributed by atoms with Gasteiger partial charge >= 0.3 is 6.03 Å². The minimum absolute atomic E-state index is 0.396. The number of carbonyl (C=O) groups is 2. The van der Waals surface area contributed by atoms with Gasteiger partial charge in [0.05, 0.1) is 5.69 Å². The quantitative estimate of drug-likeness (QED) is 0.594. The Kier molecular flexibility index (Phi) is 5.30. The van der Waals surface area contributed by atoms with Gasteiger partial charge in [0.15, 0.2) is 0 Å². The highest BCUT2D eigenvalue weighted by Crippen LogP contribution is 2.34. The first-order chi connectivity index (χ1) is 11.2. The van der Waals surface area contributed by atoms with Crippen LogP contribution in [0, 0.1) is 23.3 Å². The Morgan fingerprint density at radius 2 is 1.38 bits per heavy atom. The van der Waals surface area contributed by atoms with Crippen molar-refractivity contribution in [1.29, 1.82) is 0 Å². The van der Waals surface area contributed by atoms with Gasteiger partial charge in [-0.15, -0.1) is 0 Å². The van der Waals surface area contributed by atoms with Gasteiger partial charge in [0.2, 0.25) is 0 Å². The molecule has 0 bridgehead atoms. The van der Waals surface area contributed by atoms with Crippen molar-refractivity contribution in [1.82, 2.24) is 5.32 Å². The SMILES string of the molecule is O=C(NC(=O)c1c(F)cccc1F)Nc1c(Cl)c(F)cc(F)c1Cl. The fraction of sp³-hybridized carbons (Fsp3) is 0. The van der Waals surface area contributed by atoms with Crippen LogP contribution in [0.3, 0.4) is 0 Å². The third-order valence-corrected chi connectivity index (χ3v) is 3.51. The molecule has 3 amide bonds. The highest BCUT2D eigenvalue weighted by atomic mass is 35.5. The minimum Gasteiger partial charge on any atom is -0.305 e. The molecule has 2 aromatic rings. The number of amides is 3. The van der Waals surface area contributed by atoms with Crippen LogP contribution in [0.1, 0.15) is 10.4 Å². The number of hydrogen-bond acceptors (Lipinski definition) is 2. The number of hydrogen-bond donors (Lipinski definition) is 2. The van der Waals surface area contributed by atoms with E-state index in [0.29, 0.717) is 6.07 Å². The van der Waals surface area contributed by atoms with Crippen LogP contribution in [0.15, 0.2) is 24.3 Å². The molecule has 0 aliphatic rings. The Bertz CT molecular complexity index is 800. The molecule has 0 aliphatic carbocycles. The van der Waals surface area contributed by atoms with Crippen LogP contribution in [-0.2, 0) is 0 Å². The molecule has 10 heteroatoms. The Hall–Kier alpha value is -2.32. The zero-order valence-corrected chi connectivity index (χ0v) is 12.9. The maximum atomic E-state index is 13.4. The van der Waals surface area contributed by atoms with Gasteiger partial charge < -0.3 is 5.32 Å². The number of benzene rings is 2. The number of anilines is 1. The molecule has 0 aromatic heterocycles. The van der Waals surface area contributed by atoms with Crippen LogP contribution in [0.5, 0.6) is 0 Å². The van der Waals surface area contributed by atoms with Crippen molar-refractivity contribution in [2.24, 2.45) is 0 Å². The van der Waals surface area contributed by atoms with Gasteiger partial charge in [-0.2, -0.15) is 0 Å². The number of urea groups is 1. The molecule has 4 nitrogen and oxygen atoms in total. The lowest BCUT2D eigenvalue weighted by Gasteiger charge is -2.11. The molecule has 0 saturated carbocycles. The molecule has 0 fully saturated rings. The molecule has 24 heavy (non-hydrogen) atoms. The Morgan fingerprint density at radius 1 is 0.875 bits per heavy atom. The van der Waals surface area contributed by atoms with Crippen molar-refractivity contribution in [2.45, 2.75) is 0 Å². The predicted molar refractivity (Wildman–Crippen MR) is 79.2 cm³/mol. The first-order valence-corrected chi connectivity index (χ1v) is 6.87.